The van der Waals surface area contributed by atoms with Crippen molar-refractivity contribution in [2.45, 2.75) is 76.5 Å². The Bertz CT molecular complexity index is 2290. The van der Waals surface area contributed by atoms with Gasteiger partial charge in [-0.25, -0.2) is 14.8 Å². The van der Waals surface area contributed by atoms with E-state index >= 15 is 0 Å². The summed E-state index contributed by atoms with van der Waals surface area (Å²) in [5.74, 6) is 1.53. The van der Waals surface area contributed by atoms with Gasteiger partial charge in [0.15, 0.2) is 0 Å². The first kappa shape index (κ1) is 34.2. The molecule has 6 aromatic rings. The number of carbonyl (C=O) groups excluding carboxylic acids is 3. The highest BCUT2D eigenvalue weighted by molar-refractivity contribution is 5.89. The van der Waals surface area contributed by atoms with E-state index in [1.54, 1.807) is 4.90 Å². The molecule has 8 rings (SSSR count). The standard InChI is InChI=1S/C41H44N8O4/c1-4-19-48(40(51)37(46-41(52)53-3)26-9-6-5-7-10-26)25(2)38-43-32-17-15-31(21-33(32)44-38)47-23-28-14-13-27(20-29(28)24-47)34-22-42-39(45-34)35-18-16-30-11-8-12-36(50)49(30)35/h5-7,9-10,13-15,17,20-25,30,35,37H,4,8,11-12,16,18-19H2,1-3H3,(H,42,45)(H,43,44)(H,46,52). The summed E-state index contributed by atoms with van der Waals surface area (Å²) in [6, 6.07) is 20.7. The van der Waals surface area contributed by atoms with Crippen molar-refractivity contribution in [3.8, 4) is 16.9 Å². The van der Waals surface area contributed by atoms with Crippen LogP contribution in [0.15, 0.2) is 85.3 Å². The molecule has 3 amide bonds. The molecule has 3 aromatic heterocycles. The van der Waals surface area contributed by atoms with Gasteiger partial charge in [-0.15, -0.1) is 0 Å². The number of benzene rings is 3. The minimum atomic E-state index is -0.910. The third kappa shape index (κ3) is 6.54. The van der Waals surface area contributed by atoms with E-state index in [0.717, 1.165) is 76.7 Å². The average Bonchev–Trinajstić information content (AvgIpc) is 4.00. The molecule has 4 unspecified atom stereocenters. The molecule has 0 spiro atoms. The van der Waals surface area contributed by atoms with Crippen molar-refractivity contribution < 1.29 is 19.1 Å². The van der Waals surface area contributed by atoms with Gasteiger partial charge in [0.1, 0.15) is 17.7 Å². The highest BCUT2D eigenvalue weighted by atomic mass is 16.5. The van der Waals surface area contributed by atoms with E-state index in [9.17, 15) is 14.4 Å². The van der Waals surface area contributed by atoms with Crippen molar-refractivity contribution in [2.24, 2.45) is 0 Å². The second-order valence-electron chi connectivity index (χ2n) is 14.1. The summed E-state index contributed by atoms with van der Waals surface area (Å²) in [5.41, 5.74) is 5.26. The lowest BCUT2D eigenvalue weighted by Gasteiger charge is -2.33. The smallest absolute Gasteiger partial charge is 0.407 e. The van der Waals surface area contributed by atoms with Gasteiger partial charge in [0.2, 0.25) is 5.91 Å². The number of H-pyrrole nitrogens is 2. The topological polar surface area (TPSA) is 141 Å². The number of nitrogens with one attached hydrogen (secondary N) is 3. The van der Waals surface area contributed by atoms with Gasteiger partial charge in [-0.3, -0.25) is 9.59 Å². The molecule has 12 nitrogen and oxygen atoms in total. The molecule has 272 valence electrons. The molecule has 2 aliphatic rings. The van der Waals surface area contributed by atoms with Crippen molar-refractivity contribution in [3.05, 3.63) is 103 Å². The van der Waals surface area contributed by atoms with Gasteiger partial charge < -0.3 is 34.4 Å². The first-order chi connectivity index (χ1) is 25.8. The van der Waals surface area contributed by atoms with Gasteiger partial charge in [-0.05, 0) is 74.2 Å². The first-order valence-corrected chi connectivity index (χ1v) is 18.5. The second kappa shape index (κ2) is 14.3. The van der Waals surface area contributed by atoms with Crippen LogP contribution >= 0.6 is 0 Å². The molecule has 5 heterocycles. The molecular weight excluding hydrogens is 669 g/mol. The monoisotopic (exact) mass is 712 g/mol. The van der Waals surface area contributed by atoms with Gasteiger partial charge in [0, 0.05) is 48.0 Å². The minimum Gasteiger partial charge on any atom is -0.453 e. The summed E-state index contributed by atoms with van der Waals surface area (Å²) >= 11 is 0. The van der Waals surface area contributed by atoms with Gasteiger partial charge >= 0.3 is 6.09 Å². The van der Waals surface area contributed by atoms with Crippen LogP contribution in [0.4, 0.5) is 4.79 Å². The van der Waals surface area contributed by atoms with Crippen LogP contribution < -0.4 is 5.32 Å². The number of ether oxygens (including phenoxy) is 1. The Morgan fingerprint density at radius 1 is 1.02 bits per heavy atom. The molecule has 0 saturated carbocycles. The minimum absolute atomic E-state index is 0.0252. The number of fused-ring (bicyclic) bond motifs is 3. The lowest BCUT2D eigenvalue weighted by atomic mass is 10.0. The van der Waals surface area contributed by atoms with E-state index in [0.29, 0.717) is 30.4 Å². The van der Waals surface area contributed by atoms with Crippen molar-refractivity contribution in [1.82, 2.24) is 39.6 Å². The average molecular weight is 713 g/mol. The van der Waals surface area contributed by atoms with Crippen LogP contribution in [-0.2, 0) is 14.3 Å². The Labute approximate surface area is 307 Å². The Balaban J connectivity index is 1.03. The number of nitrogens with zero attached hydrogens (tertiary/aromatic N) is 5. The van der Waals surface area contributed by atoms with Crippen LogP contribution in [0, 0.1) is 0 Å². The van der Waals surface area contributed by atoms with E-state index in [1.165, 1.54) is 7.11 Å². The highest BCUT2D eigenvalue weighted by Crippen LogP contribution is 2.40. The van der Waals surface area contributed by atoms with Gasteiger partial charge in [-0.2, -0.15) is 0 Å². The van der Waals surface area contributed by atoms with Crippen molar-refractivity contribution in [3.63, 3.8) is 0 Å². The van der Waals surface area contributed by atoms with E-state index in [1.807, 2.05) is 62.5 Å². The Morgan fingerprint density at radius 2 is 1.85 bits per heavy atom. The number of piperidine rings is 1. The number of alkyl carbamates (subject to hydrolysis) is 1. The zero-order valence-corrected chi connectivity index (χ0v) is 30.2. The summed E-state index contributed by atoms with van der Waals surface area (Å²) in [6.45, 7) is 4.44. The molecule has 2 aliphatic heterocycles. The number of hydrogen-bond acceptors (Lipinski definition) is 6. The molecule has 0 radical (unpaired) electrons. The number of aromatic amines is 2. The predicted octanol–water partition coefficient (Wildman–Crippen LogP) is 7.51. The molecule has 3 aromatic carbocycles. The molecule has 2 fully saturated rings. The number of amides is 3. The molecule has 4 atom stereocenters. The molecular formula is C41H44N8O4. The SMILES string of the molecule is CCCN(C(=O)C(NC(=O)OC)c1ccccc1)C(C)c1nc2ccc(-n3cc4ccc(-c5cnc(C6CCC7CCCC(=O)N76)[nH]5)cc4c3)cc2[nH]1. The van der Waals surface area contributed by atoms with Crippen molar-refractivity contribution in [1.29, 1.82) is 0 Å². The number of rotatable bonds is 10. The summed E-state index contributed by atoms with van der Waals surface area (Å²) in [4.78, 5) is 59.5. The number of imidazole rings is 2. The zero-order valence-electron chi connectivity index (χ0n) is 30.2. The summed E-state index contributed by atoms with van der Waals surface area (Å²) < 4.78 is 6.95. The Morgan fingerprint density at radius 3 is 2.66 bits per heavy atom. The van der Waals surface area contributed by atoms with Crippen molar-refractivity contribution in [2.75, 3.05) is 13.7 Å². The van der Waals surface area contributed by atoms with Gasteiger partial charge in [-0.1, -0.05) is 49.4 Å². The van der Waals surface area contributed by atoms with E-state index in [-0.39, 0.29) is 17.9 Å². The second-order valence-corrected chi connectivity index (χ2v) is 14.1. The van der Waals surface area contributed by atoms with Crippen LogP contribution in [0.1, 0.15) is 87.7 Å². The molecule has 53 heavy (non-hydrogen) atoms. The fraction of sp³-hybridized carbons (Fsp3) is 0.341. The zero-order chi connectivity index (χ0) is 36.6. The van der Waals surface area contributed by atoms with Crippen LogP contribution in [0.2, 0.25) is 0 Å². The number of aromatic nitrogens is 5. The number of methoxy groups -OCH3 is 1. The fourth-order valence-electron chi connectivity index (χ4n) is 8.08. The van der Waals surface area contributed by atoms with E-state index < -0.39 is 18.2 Å². The maximum atomic E-state index is 14.1. The predicted molar refractivity (Wildman–Crippen MR) is 202 cm³/mol. The summed E-state index contributed by atoms with van der Waals surface area (Å²) in [6.07, 6.45) is 10.9. The molecule has 3 N–H and O–H groups in total. The van der Waals surface area contributed by atoms with Gasteiger partial charge in [0.25, 0.3) is 5.91 Å². The third-order valence-electron chi connectivity index (χ3n) is 10.8. The normalized spacial score (nSPS) is 18.2. The lowest BCUT2D eigenvalue weighted by Crippen LogP contribution is -2.44. The van der Waals surface area contributed by atoms with Crippen LogP contribution in [0.25, 0.3) is 38.8 Å². The highest BCUT2D eigenvalue weighted by Gasteiger charge is 2.41. The maximum absolute atomic E-state index is 14.1. The largest absolute Gasteiger partial charge is 0.453 e. The quantitative estimate of drug-likeness (QED) is 0.134. The van der Waals surface area contributed by atoms with Crippen LogP contribution in [0.5, 0.6) is 0 Å². The third-order valence-corrected chi connectivity index (χ3v) is 10.8. The Kier molecular flexibility index (Phi) is 9.19. The lowest BCUT2D eigenvalue weighted by molar-refractivity contribution is -0.137. The fourth-order valence-corrected chi connectivity index (χ4v) is 8.08. The summed E-state index contributed by atoms with van der Waals surface area (Å²) in [7, 11) is 1.28. The first-order valence-electron chi connectivity index (χ1n) is 18.5. The Hall–Kier alpha value is -5.91. The number of hydrogen-bond donors (Lipinski definition) is 3. The van der Waals surface area contributed by atoms with Crippen LogP contribution in [-0.4, -0.2) is 71.9 Å². The van der Waals surface area contributed by atoms with E-state index in [4.69, 9.17) is 14.7 Å². The summed E-state index contributed by atoms with van der Waals surface area (Å²) in [5, 5.41) is 4.92. The van der Waals surface area contributed by atoms with Crippen LogP contribution in [0.3, 0.4) is 0 Å². The number of carbonyl (C=O) groups is 3. The molecule has 12 heteroatoms. The van der Waals surface area contributed by atoms with E-state index in [2.05, 4.69) is 61.4 Å². The molecule has 2 saturated heterocycles. The maximum Gasteiger partial charge on any atom is 0.407 e. The molecule has 0 bridgehead atoms. The molecule has 0 aliphatic carbocycles. The van der Waals surface area contributed by atoms with Gasteiger partial charge in [0.05, 0.1) is 42.1 Å². The van der Waals surface area contributed by atoms with Crippen molar-refractivity contribution >= 4 is 39.7 Å².